The van der Waals surface area contributed by atoms with Gasteiger partial charge in [-0.2, -0.15) is 0 Å². The molecule has 0 aliphatic carbocycles. The van der Waals surface area contributed by atoms with Gasteiger partial charge < -0.3 is 5.32 Å². The third kappa shape index (κ3) is 4.07. The van der Waals surface area contributed by atoms with E-state index < -0.39 is 5.82 Å². The number of carbonyl (C=O) groups is 1. The molecular formula is C12H16BrFN2O. The van der Waals surface area contributed by atoms with Crippen LogP contribution in [0.2, 0.25) is 0 Å². The molecule has 1 aromatic heterocycles. The summed E-state index contributed by atoms with van der Waals surface area (Å²) in [6, 6.07) is 1.42. The standard InChI is InChI=1S/C12H16BrFN2O/c1-8(2)11(3-5-13)16-12(17)9-4-6-15-7-10(9)14/h4,6-8,11H,3,5H2,1-2H3,(H,16,17). The van der Waals surface area contributed by atoms with Crippen LogP contribution in [0.25, 0.3) is 0 Å². The Morgan fingerprint density at radius 1 is 1.59 bits per heavy atom. The van der Waals surface area contributed by atoms with Crippen molar-refractivity contribution in [2.24, 2.45) is 5.92 Å². The van der Waals surface area contributed by atoms with Crippen molar-refractivity contribution in [2.45, 2.75) is 26.3 Å². The first-order chi connectivity index (χ1) is 8.06. The molecule has 1 unspecified atom stereocenters. The summed E-state index contributed by atoms with van der Waals surface area (Å²) in [6.07, 6.45) is 3.27. The zero-order valence-corrected chi connectivity index (χ0v) is 11.5. The Kier molecular flexibility index (Phi) is 5.55. The SMILES string of the molecule is CC(C)C(CCBr)NC(=O)c1ccncc1F. The first kappa shape index (κ1) is 14.1. The van der Waals surface area contributed by atoms with E-state index in [0.717, 1.165) is 17.9 Å². The highest BCUT2D eigenvalue weighted by Gasteiger charge is 2.18. The lowest BCUT2D eigenvalue weighted by Gasteiger charge is -2.21. The Morgan fingerprint density at radius 3 is 2.82 bits per heavy atom. The lowest BCUT2D eigenvalue weighted by molar-refractivity contribution is 0.0921. The number of nitrogens with one attached hydrogen (secondary N) is 1. The van der Waals surface area contributed by atoms with E-state index in [1.165, 1.54) is 12.3 Å². The van der Waals surface area contributed by atoms with Crippen molar-refractivity contribution in [3.8, 4) is 0 Å². The van der Waals surface area contributed by atoms with Gasteiger partial charge in [-0.15, -0.1) is 0 Å². The molecule has 0 spiro atoms. The Balaban J connectivity index is 2.74. The highest BCUT2D eigenvalue weighted by atomic mass is 79.9. The fraction of sp³-hybridized carbons (Fsp3) is 0.500. The summed E-state index contributed by atoms with van der Waals surface area (Å²) in [5.74, 6) is -0.669. The monoisotopic (exact) mass is 302 g/mol. The maximum atomic E-state index is 13.3. The van der Waals surface area contributed by atoms with Crippen molar-refractivity contribution in [3.05, 3.63) is 29.8 Å². The Bertz CT molecular complexity index is 385. The Morgan fingerprint density at radius 2 is 2.29 bits per heavy atom. The minimum Gasteiger partial charge on any atom is -0.349 e. The number of pyridine rings is 1. The average Bonchev–Trinajstić information content (AvgIpc) is 2.28. The van der Waals surface area contributed by atoms with Crippen LogP contribution in [0.15, 0.2) is 18.5 Å². The summed E-state index contributed by atoms with van der Waals surface area (Å²) in [7, 11) is 0. The van der Waals surface area contributed by atoms with Crippen molar-refractivity contribution in [2.75, 3.05) is 5.33 Å². The van der Waals surface area contributed by atoms with Crippen molar-refractivity contribution in [1.29, 1.82) is 0 Å². The maximum Gasteiger partial charge on any atom is 0.254 e. The van der Waals surface area contributed by atoms with Gasteiger partial charge in [-0.3, -0.25) is 9.78 Å². The molecule has 1 aromatic rings. The number of carbonyl (C=O) groups excluding carboxylic acids is 1. The van der Waals surface area contributed by atoms with Gasteiger partial charge in [0.05, 0.1) is 11.8 Å². The van der Waals surface area contributed by atoms with Crippen LogP contribution < -0.4 is 5.32 Å². The zero-order chi connectivity index (χ0) is 12.8. The first-order valence-electron chi connectivity index (χ1n) is 5.52. The van der Waals surface area contributed by atoms with Gasteiger partial charge in [-0.1, -0.05) is 29.8 Å². The van der Waals surface area contributed by atoms with Crippen LogP contribution in [0.5, 0.6) is 0 Å². The molecule has 1 atom stereocenters. The molecule has 1 rings (SSSR count). The molecule has 0 fully saturated rings. The van der Waals surface area contributed by atoms with E-state index in [0.29, 0.717) is 5.92 Å². The van der Waals surface area contributed by atoms with Gasteiger partial charge in [0.15, 0.2) is 5.82 Å². The van der Waals surface area contributed by atoms with E-state index in [1.807, 2.05) is 13.8 Å². The van der Waals surface area contributed by atoms with Gasteiger partial charge in [0, 0.05) is 17.6 Å². The van der Waals surface area contributed by atoms with Crippen molar-refractivity contribution >= 4 is 21.8 Å². The van der Waals surface area contributed by atoms with Crippen LogP contribution in [-0.4, -0.2) is 22.3 Å². The van der Waals surface area contributed by atoms with Crippen LogP contribution in [0, 0.1) is 11.7 Å². The lowest BCUT2D eigenvalue weighted by atomic mass is 10.0. The number of alkyl halides is 1. The topological polar surface area (TPSA) is 42.0 Å². The molecule has 0 aliphatic rings. The summed E-state index contributed by atoms with van der Waals surface area (Å²) in [5, 5.41) is 3.64. The highest BCUT2D eigenvalue weighted by Crippen LogP contribution is 2.10. The minimum absolute atomic E-state index is 0.0365. The maximum absolute atomic E-state index is 13.3. The minimum atomic E-state index is -0.591. The molecule has 0 radical (unpaired) electrons. The van der Waals surface area contributed by atoms with Gasteiger partial charge in [0.1, 0.15) is 0 Å². The molecule has 17 heavy (non-hydrogen) atoms. The summed E-state index contributed by atoms with van der Waals surface area (Å²) in [6.45, 7) is 4.05. The molecule has 0 bridgehead atoms. The van der Waals surface area contributed by atoms with E-state index in [2.05, 4.69) is 26.2 Å². The number of aromatic nitrogens is 1. The molecule has 5 heteroatoms. The lowest BCUT2D eigenvalue weighted by Crippen LogP contribution is -2.39. The third-order valence-corrected chi connectivity index (χ3v) is 3.02. The zero-order valence-electron chi connectivity index (χ0n) is 9.91. The first-order valence-corrected chi connectivity index (χ1v) is 6.64. The van der Waals surface area contributed by atoms with Crippen LogP contribution in [0.3, 0.4) is 0 Å². The molecule has 1 heterocycles. The number of hydrogen-bond donors (Lipinski definition) is 1. The highest BCUT2D eigenvalue weighted by molar-refractivity contribution is 9.09. The Hall–Kier alpha value is -0.970. The van der Waals surface area contributed by atoms with E-state index in [1.54, 1.807) is 0 Å². The van der Waals surface area contributed by atoms with E-state index in [4.69, 9.17) is 0 Å². The number of hydrogen-bond acceptors (Lipinski definition) is 2. The van der Waals surface area contributed by atoms with E-state index >= 15 is 0 Å². The number of nitrogens with zero attached hydrogens (tertiary/aromatic N) is 1. The quantitative estimate of drug-likeness (QED) is 0.850. The normalized spacial score (nSPS) is 12.5. The van der Waals surface area contributed by atoms with Crippen LogP contribution in [-0.2, 0) is 0 Å². The summed E-state index contributed by atoms with van der Waals surface area (Å²) in [4.78, 5) is 15.5. The predicted octanol–water partition coefficient (Wildman–Crippen LogP) is 2.76. The fourth-order valence-electron chi connectivity index (χ4n) is 1.50. The summed E-state index contributed by atoms with van der Waals surface area (Å²) >= 11 is 3.34. The number of rotatable bonds is 5. The predicted molar refractivity (Wildman–Crippen MR) is 68.7 cm³/mol. The van der Waals surface area contributed by atoms with Crippen molar-refractivity contribution < 1.29 is 9.18 Å². The second-order valence-electron chi connectivity index (χ2n) is 4.16. The average molecular weight is 303 g/mol. The number of amides is 1. The van der Waals surface area contributed by atoms with E-state index in [-0.39, 0.29) is 17.5 Å². The summed E-state index contributed by atoms with van der Waals surface area (Å²) < 4.78 is 13.3. The van der Waals surface area contributed by atoms with Crippen molar-refractivity contribution in [3.63, 3.8) is 0 Å². The molecule has 1 amide bonds. The van der Waals surface area contributed by atoms with Crippen LogP contribution >= 0.6 is 15.9 Å². The molecule has 3 nitrogen and oxygen atoms in total. The molecular weight excluding hydrogens is 287 g/mol. The van der Waals surface area contributed by atoms with Gasteiger partial charge in [0.25, 0.3) is 5.91 Å². The van der Waals surface area contributed by atoms with Crippen LogP contribution in [0.4, 0.5) is 4.39 Å². The van der Waals surface area contributed by atoms with Gasteiger partial charge in [-0.05, 0) is 18.4 Å². The molecule has 0 saturated heterocycles. The van der Waals surface area contributed by atoms with E-state index in [9.17, 15) is 9.18 Å². The second-order valence-corrected chi connectivity index (χ2v) is 4.95. The molecule has 0 aliphatic heterocycles. The molecule has 0 aromatic carbocycles. The fourth-order valence-corrected chi connectivity index (χ4v) is 1.99. The van der Waals surface area contributed by atoms with Gasteiger partial charge >= 0.3 is 0 Å². The van der Waals surface area contributed by atoms with Crippen molar-refractivity contribution in [1.82, 2.24) is 10.3 Å². The second kappa shape index (κ2) is 6.69. The number of halogens is 2. The van der Waals surface area contributed by atoms with Gasteiger partial charge in [0.2, 0.25) is 0 Å². The smallest absolute Gasteiger partial charge is 0.254 e. The summed E-state index contributed by atoms with van der Waals surface area (Å²) in [5.41, 5.74) is 0.0419. The van der Waals surface area contributed by atoms with Crippen LogP contribution in [0.1, 0.15) is 30.6 Å². The molecule has 94 valence electrons. The molecule has 0 saturated carbocycles. The molecule has 1 N–H and O–H groups in total. The Labute approximate surface area is 109 Å². The largest absolute Gasteiger partial charge is 0.349 e. The third-order valence-electron chi connectivity index (χ3n) is 2.56. The van der Waals surface area contributed by atoms with Gasteiger partial charge in [-0.25, -0.2) is 4.39 Å².